The number of fused-ring (bicyclic) bond motifs is 1. The van der Waals surface area contributed by atoms with Crippen molar-refractivity contribution in [3.63, 3.8) is 0 Å². The van der Waals surface area contributed by atoms with Gasteiger partial charge in [0.25, 0.3) is 0 Å². The Kier molecular flexibility index (Phi) is 3.66. The van der Waals surface area contributed by atoms with Gasteiger partial charge in [0.2, 0.25) is 5.56 Å². The highest BCUT2D eigenvalue weighted by Crippen LogP contribution is 2.14. The van der Waals surface area contributed by atoms with Gasteiger partial charge in [0.1, 0.15) is 11.9 Å². The third-order valence-corrected chi connectivity index (χ3v) is 2.46. The average Bonchev–Trinajstić information content (AvgIpc) is 2.34. The first-order valence-electron chi connectivity index (χ1n) is 5.65. The zero-order valence-corrected chi connectivity index (χ0v) is 9.97. The van der Waals surface area contributed by atoms with Crippen LogP contribution in [0.1, 0.15) is 18.5 Å². The van der Waals surface area contributed by atoms with Gasteiger partial charge in [-0.25, -0.2) is 0 Å². The van der Waals surface area contributed by atoms with E-state index in [1.165, 1.54) is 6.07 Å². The summed E-state index contributed by atoms with van der Waals surface area (Å²) in [5, 5.41) is 0.787. The quantitative estimate of drug-likeness (QED) is 0.629. The molecule has 94 valence electrons. The van der Waals surface area contributed by atoms with Gasteiger partial charge in [-0.3, -0.25) is 4.79 Å². The van der Waals surface area contributed by atoms with Crippen molar-refractivity contribution >= 4 is 17.3 Å². The van der Waals surface area contributed by atoms with E-state index in [4.69, 9.17) is 4.74 Å². The molecule has 0 amide bonds. The lowest BCUT2D eigenvalue weighted by Gasteiger charge is -2.06. The van der Waals surface area contributed by atoms with Crippen LogP contribution in [0.4, 0.5) is 0 Å². The second kappa shape index (κ2) is 5.39. The van der Waals surface area contributed by atoms with Crippen molar-refractivity contribution in [2.45, 2.75) is 19.8 Å². The zero-order chi connectivity index (χ0) is 13.0. The van der Waals surface area contributed by atoms with Crippen LogP contribution in [0.15, 0.2) is 16.9 Å². The van der Waals surface area contributed by atoms with E-state index in [0.717, 1.165) is 17.4 Å². The molecule has 0 aromatic carbocycles. The van der Waals surface area contributed by atoms with E-state index in [0.29, 0.717) is 25.1 Å². The summed E-state index contributed by atoms with van der Waals surface area (Å²) in [5.41, 5.74) is 0.981. The Morgan fingerprint density at radius 1 is 1.39 bits per heavy atom. The van der Waals surface area contributed by atoms with Crippen LogP contribution in [0.3, 0.4) is 0 Å². The Morgan fingerprint density at radius 2 is 2.22 bits per heavy atom. The van der Waals surface area contributed by atoms with E-state index in [1.54, 1.807) is 6.07 Å². The van der Waals surface area contributed by atoms with Gasteiger partial charge in [0.15, 0.2) is 0 Å². The molecule has 0 spiro atoms. The molecular formula is C12H13N3O3. The number of nitrogens with zero attached hydrogens (tertiary/aromatic N) is 2. The molecule has 0 aliphatic rings. The molecule has 2 heterocycles. The first-order valence-corrected chi connectivity index (χ1v) is 5.65. The van der Waals surface area contributed by atoms with Crippen LogP contribution in [-0.4, -0.2) is 27.8 Å². The number of pyridine rings is 1. The molecule has 0 aliphatic heterocycles. The predicted octanol–water partition coefficient (Wildman–Crippen LogP) is 0.984. The second-order valence-electron chi connectivity index (χ2n) is 3.83. The molecule has 0 atom stereocenters. The molecular weight excluding hydrogens is 234 g/mol. The minimum Gasteiger partial charge on any atom is -0.463 e. The largest absolute Gasteiger partial charge is 0.463 e. The molecule has 0 unspecified atom stereocenters. The summed E-state index contributed by atoms with van der Waals surface area (Å²) in [5.74, 6) is 0. The number of ether oxygens (including phenoxy) is 1. The summed E-state index contributed by atoms with van der Waals surface area (Å²) in [4.78, 5) is 32.3. The van der Waals surface area contributed by atoms with Gasteiger partial charge in [-0.1, -0.05) is 0 Å². The number of H-pyrrole nitrogens is 1. The zero-order valence-electron chi connectivity index (χ0n) is 9.97. The van der Waals surface area contributed by atoms with Crippen LogP contribution < -0.4 is 10.3 Å². The van der Waals surface area contributed by atoms with Crippen molar-refractivity contribution in [1.29, 1.82) is 0 Å². The normalized spacial score (nSPS) is 10.5. The average molecular weight is 247 g/mol. The summed E-state index contributed by atoms with van der Waals surface area (Å²) in [6, 6.07) is 3.33. The fraction of sp³-hybridized carbons (Fsp3) is 0.333. The fourth-order valence-electron chi connectivity index (χ4n) is 1.56. The Morgan fingerprint density at radius 3 is 3.00 bits per heavy atom. The number of aromatic amines is 1. The number of aryl methyl sites for hydroxylation is 1. The topological polar surface area (TPSA) is 84.9 Å². The van der Waals surface area contributed by atoms with Gasteiger partial charge in [-0.15, -0.1) is 0 Å². The molecule has 6 heteroatoms. The number of nitrogens with one attached hydrogen (secondary N) is 1. The molecule has 0 saturated carbocycles. The highest BCUT2D eigenvalue weighted by atomic mass is 16.5. The molecule has 0 fully saturated rings. The number of carbonyl (C=O) groups is 1. The number of unbranched alkanes of at least 4 members (excludes halogenated alkanes) is 1. The maximum Gasteiger partial charge on any atom is 0.318 e. The fourth-order valence-corrected chi connectivity index (χ4v) is 1.56. The lowest BCUT2D eigenvalue weighted by atomic mass is 10.2. The van der Waals surface area contributed by atoms with Crippen LogP contribution in [0, 0.1) is 6.92 Å². The van der Waals surface area contributed by atoms with Crippen LogP contribution in [-0.2, 0) is 4.79 Å². The van der Waals surface area contributed by atoms with E-state index in [-0.39, 0.29) is 11.6 Å². The molecule has 2 aromatic rings. The van der Waals surface area contributed by atoms with Crippen LogP contribution in [0.2, 0.25) is 0 Å². The van der Waals surface area contributed by atoms with E-state index in [2.05, 4.69) is 15.0 Å². The van der Waals surface area contributed by atoms with Crippen molar-refractivity contribution in [1.82, 2.24) is 15.0 Å². The minimum absolute atomic E-state index is 0.215. The molecule has 0 aliphatic carbocycles. The minimum atomic E-state index is -0.215. The summed E-state index contributed by atoms with van der Waals surface area (Å²) in [6.45, 7) is 2.20. The Balaban J connectivity index is 2.24. The van der Waals surface area contributed by atoms with Crippen LogP contribution in [0.25, 0.3) is 11.0 Å². The Bertz CT molecular complexity index is 621. The smallest absolute Gasteiger partial charge is 0.318 e. The maximum absolute atomic E-state index is 11.2. The second-order valence-corrected chi connectivity index (χ2v) is 3.83. The molecule has 2 rings (SSSR count). The van der Waals surface area contributed by atoms with Gasteiger partial charge in [-0.2, -0.15) is 9.97 Å². The molecule has 18 heavy (non-hydrogen) atoms. The van der Waals surface area contributed by atoms with Crippen molar-refractivity contribution in [3.8, 4) is 6.01 Å². The first-order chi connectivity index (χ1) is 8.70. The molecule has 0 saturated heterocycles. The van der Waals surface area contributed by atoms with Gasteiger partial charge < -0.3 is 14.5 Å². The highest BCUT2D eigenvalue weighted by Gasteiger charge is 2.05. The summed E-state index contributed by atoms with van der Waals surface area (Å²) in [7, 11) is 0. The van der Waals surface area contributed by atoms with Crippen LogP contribution in [0.5, 0.6) is 6.01 Å². The molecule has 1 N–H and O–H groups in total. The monoisotopic (exact) mass is 247 g/mol. The predicted molar refractivity (Wildman–Crippen MR) is 65.7 cm³/mol. The van der Waals surface area contributed by atoms with E-state index < -0.39 is 0 Å². The number of carbonyl (C=O) groups excluding carboxylic acids is 1. The van der Waals surface area contributed by atoms with Crippen molar-refractivity contribution in [2.75, 3.05) is 6.61 Å². The first kappa shape index (κ1) is 12.2. The Labute approximate surface area is 103 Å². The van der Waals surface area contributed by atoms with Gasteiger partial charge in [-0.05, 0) is 19.4 Å². The molecule has 0 bridgehead atoms. The van der Waals surface area contributed by atoms with E-state index >= 15 is 0 Å². The SMILES string of the molecule is Cc1nc(OCCCC=O)nc2[nH]c(=O)ccc12. The highest BCUT2D eigenvalue weighted by molar-refractivity contribution is 5.76. The number of hydrogen-bond acceptors (Lipinski definition) is 5. The number of rotatable bonds is 5. The maximum atomic E-state index is 11.2. The third kappa shape index (κ3) is 2.71. The van der Waals surface area contributed by atoms with Gasteiger partial charge in [0.05, 0.1) is 12.3 Å². The van der Waals surface area contributed by atoms with Crippen molar-refractivity contribution in [2.24, 2.45) is 0 Å². The van der Waals surface area contributed by atoms with Crippen molar-refractivity contribution in [3.05, 3.63) is 28.2 Å². The third-order valence-electron chi connectivity index (χ3n) is 2.46. The lowest BCUT2D eigenvalue weighted by Crippen LogP contribution is -2.07. The van der Waals surface area contributed by atoms with E-state index in [9.17, 15) is 9.59 Å². The van der Waals surface area contributed by atoms with E-state index in [1.807, 2.05) is 6.92 Å². The van der Waals surface area contributed by atoms with Crippen LogP contribution >= 0.6 is 0 Å². The lowest BCUT2D eigenvalue weighted by molar-refractivity contribution is -0.108. The Hall–Kier alpha value is -2.24. The molecule has 6 nitrogen and oxygen atoms in total. The number of aromatic nitrogens is 3. The number of hydrogen-bond donors (Lipinski definition) is 1. The summed E-state index contributed by atoms with van der Waals surface area (Å²) >= 11 is 0. The van der Waals surface area contributed by atoms with Gasteiger partial charge >= 0.3 is 6.01 Å². The summed E-state index contributed by atoms with van der Waals surface area (Å²) in [6.07, 6.45) is 1.91. The number of aldehydes is 1. The van der Waals surface area contributed by atoms with Crippen molar-refractivity contribution < 1.29 is 9.53 Å². The molecule has 2 aromatic heterocycles. The standard InChI is InChI=1S/C12H13N3O3/c1-8-9-4-5-10(17)14-11(9)15-12(13-8)18-7-3-2-6-16/h4-6H,2-3,7H2,1H3,(H,13,14,15,17). The molecule has 0 radical (unpaired) electrons. The summed E-state index contributed by atoms with van der Waals surface area (Å²) < 4.78 is 5.33. The van der Waals surface area contributed by atoms with Gasteiger partial charge in [0, 0.05) is 17.9 Å².